The molecule has 0 bridgehead atoms. The largest absolute Gasteiger partial charge is 1.00 e. The van der Waals surface area contributed by atoms with Crippen molar-refractivity contribution >= 4 is 11.9 Å². The Hall–Kier alpha value is -1.96. The van der Waals surface area contributed by atoms with Crippen LogP contribution in [0.2, 0.25) is 0 Å². The van der Waals surface area contributed by atoms with Crippen LogP contribution in [0.5, 0.6) is 0 Å². The van der Waals surface area contributed by atoms with Crippen molar-refractivity contribution in [2.75, 3.05) is 68.1 Å². The van der Waals surface area contributed by atoms with Crippen molar-refractivity contribution in [3.63, 3.8) is 0 Å². The molecule has 2 aromatic rings. The minimum absolute atomic E-state index is 0. The monoisotopic (exact) mass is 696 g/mol. The molecule has 0 saturated heterocycles. The molecule has 2 atom stereocenters. The molecule has 12 heteroatoms. The second-order valence-electron chi connectivity index (χ2n) is 10.5. The lowest BCUT2D eigenvalue weighted by atomic mass is 10.1. The molecule has 2 unspecified atom stereocenters. The van der Waals surface area contributed by atoms with E-state index >= 15 is 0 Å². The van der Waals surface area contributed by atoms with Gasteiger partial charge in [-0.3, -0.25) is 18.6 Å². The predicted molar refractivity (Wildman–Crippen MR) is 144 cm³/mol. The molecule has 2 aromatic carbocycles. The van der Waals surface area contributed by atoms with E-state index in [4.69, 9.17) is 20.9 Å². The van der Waals surface area contributed by atoms with E-state index in [1.54, 1.807) is 28.2 Å². The van der Waals surface area contributed by atoms with E-state index < -0.39 is 37.6 Å². The Bertz CT molecular complexity index is 880. The van der Waals surface area contributed by atoms with Crippen LogP contribution in [0.1, 0.15) is 11.1 Å². The highest BCUT2D eigenvalue weighted by molar-refractivity contribution is 5.76. The first-order valence-corrected chi connectivity index (χ1v) is 12.6. The zero-order valence-corrected chi connectivity index (χ0v) is 27.0. The fraction of sp³-hybridized carbons (Fsp3) is 0.500. The van der Waals surface area contributed by atoms with Gasteiger partial charge >= 0.3 is 11.9 Å². The maximum absolute atomic E-state index is 12.5. The van der Waals surface area contributed by atoms with Gasteiger partial charge < -0.3 is 54.9 Å². The quantitative estimate of drug-likeness (QED) is 0.119. The van der Waals surface area contributed by atoms with Crippen LogP contribution in [0.25, 0.3) is 0 Å². The van der Waals surface area contributed by atoms with Crippen molar-refractivity contribution in [3.05, 3.63) is 71.8 Å². The van der Waals surface area contributed by atoms with Gasteiger partial charge in [0.25, 0.3) is 0 Å². The number of hydrogen-bond donors (Lipinski definition) is 2. The van der Waals surface area contributed by atoms with E-state index in [0.29, 0.717) is 25.9 Å². The molecule has 0 heterocycles. The lowest BCUT2D eigenvalue weighted by Crippen LogP contribution is -3.00. The van der Waals surface area contributed by atoms with E-state index in [1.165, 1.54) is 0 Å². The summed E-state index contributed by atoms with van der Waals surface area (Å²) in [5, 5.41) is 0. The third kappa shape index (κ3) is 17.7. The number of hydrogen-bond acceptors (Lipinski definition) is 6. The fourth-order valence-electron chi connectivity index (χ4n) is 3.02. The maximum atomic E-state index is 12.5. The summed E-state index contributed by atoms with van der Waals surface area (Å²) in [5.74, 6) is -0.884. The van der Waals surface area contributed by atoms with E-state index in [9.17, 15) is 18.4 Å². The minimum Gasteiger partial charge on any atom is -1.00 e. The molecule has 0 aliphatic carbocycles. The molecular weight excluding hydrogens is 654 g/mol. The van der Waals surface area contributed by atoms with Crippen LogP contribution in [-0.4, -0.2) is 101 Å². The summed E-state index contributed by atoms with van der Waals surface area (Å²) >= 11 is 0. The minimum atomic E-state index is -0.677. The van der Waals surface area contributed by atoms with E-state index in [0.717, 1.165) is 11.1 Å². The summed E-state index contributed by atoms with van der Waals surface area (Å²) < 4.78 is 35.6. The number of carbonyl (C=O) groups is 2. The van der Waals surface area contributed by atoms with Crippen molar-refractivity contribution in [1.82, 2.24) is 0 Å². The van der Waals surface area contributed by atoms with Crippen LogP contribution in [0, 0.1) is 0 Å². The molecule has 4 N–H and O–H groups in total. The molecule has 228 valence electrons. The number of esters is 2. The first kappa shape index (κ1) is 40.2. The Kier molecular flexibility index (Phi) is 20.9. The van der Waals surface area contributed by atoms with Gasteiger partial charge in [-0.15, -0.1) is 0 Å². The molecular formula is C28H44Br2F2N4O4. The van der Waals surface area contributed by atoms with E-state index in [-0.39, 0.29) is 56.1 Å². The zero-order valence-electron chi connectivity index (χ0n) is 23.8. The van der Waals surface area contributed by atoms with Gasteiger partial charge in [0.15, 0.2) is 0 Å². The standard InChI is InChI=1S/2C14H22FN2O2.2BrH/c2*1-17(2,11-15)8-9-19-14(18)13(16)10-12-6-4-3-5-7-12;;/h2*3-7,13H,8-11,16H2,1-2H3;2*1H/q2*+1;;/p-2. The van der Waals surface area contributed by atoms with Crippen LogP contribution in [0.15, 0.2) is 60.7 Å². The van der Waals surface area contributed by atoms with Gasteiger partial charge in [0.1, 0.15) is 38.4 Å². The summed E-state index contributed by atoms with van der Waals surface area (Å²) in [6.45, 7) is 0.234. The smallest absolute Gasteiger partial charge is 0.323 e. The van der Waals surface area contributed by atoms with Gasteiger partial charge in [0, 0.05) is 0 Å². The zero-order chi connectivity index (χ0) is 28.6. The summed E-state index contributed by atoms with van der Waals surface area (Å²) in [6, 6.07) is 17.7. The van der Waals surface area contributed by atoms with Gasteiger partial charge in [-0.1, -0.05) is 60.7 Å². The third-order valence-electron chi connectivity index (χ3n) is 5.73. The number of quaternary nitrogens is 2. The molecule has 0 fully saturated rings. The van der Waals surface area contributed by atoms with Crippen LogP contribution < -0.4 is 45.4 Å². The second-order valence-corrected chi connectivity index (χ2v) is 10.5. The molecule has 0 amide bonds. The number of halogens is 4. The lowest BCUT2D eigenvalue weighted by Gasteiger charge is -2.25. The van der Waals surface area contributed by atoms with Gasteiger partial charge in [0.05, 0.1) is 28.2 Å². The highest BCUT2D eigenvalue weighted by Crippen LogP contribution is 2.05. The van der Waals surface area contributed by atoms with Crippen molar-refractivity contribution in [1.29, 1.82) is 0 Å². The number of nitrogens with zero attached hydrogens (tertiary/aromatic N) is 2. The van der Waals surface area contributed by atoms with Crippen LogP contribution in [0.4, 0.5) is 8.78 Å². The fourth-order valence-corrected chi connectivity index (χ4v) is 3.02. The topological polar surface area (TPSA) is 105 Å². The average molecular weight is 698 g/mol. The Morgan fingerprint density at radius 1 is 0.675 bits per heavy atom. The SMILES string of the molecule is C[N+](C)(CF)CCOC(=O)C(N)Cc1ccccc1.C[N+](C)(CF)CCOC(=O)C(N)Cc1ccccc1.[Br-].[Br-]. The van der Waals surface area contributed by atoms with E-state index in [1.807, 2.05) is 60.7 Å². The maximum Gasteiger partial charge on any atom is 0.323 e. The highest BCUT2D eigenvalue weighted by atomic mass is 79.9. The van der Waals surface area contributed by atoms with E-state index in [2.05, 4.69) is 0 Å². The number of carbonyl (C=O) groups excluding carboxylic acids is 2. The highest BCUT2D eigenvalue weighted by Gasteiger charge is 2.20. The summed E-state index contributed by atoms with van der Waals surface area (Å²) in [6.07, 6.45) is 0.891. The van der Waals surface area contributed by atoms with Crippen molar-refractivity contribution < 1.29 is 70.8 Å². The molecule has 8 nitrogen and oxygen atoms in total. The van der Waals surface area contributed by atoms with Gasteiger partial charge in [-0.25, -0.2) is 0 Å². The van der Waals surface area contributed by atoms with Crippen LogP contribution in [-0.2, 0) is 31.9 Å². The molecule has 0 spiro atoms. The summed E-state index contributed by atoms with van der Waals surface area (Å²) in [4.78, 5) is 23.3. The van der Waals surface area contributed by atoms with Crippen molar-refractivity contribution in [2.45, 2.75) is 24.9 Å². The van der Waals surface area contributed by atoms with Crippen LogP contribution in [0.3, 0.4) is 0 Å². The second kappa shape index (κ2) is 20.8. The molecule has 2 rings (SSSR count). The average Bonchev–Trinajstić information content (AvgIpc) is 2.90. The Labute approximate surface area is 258 Å². The molecule has 40 heavy (non-hydrogen) atoms. The first-order valence-electron chi connectivity index (χ1n) is 12.6. The lowest BCUT2D eigenvalue weighted by molar-refractivity contribution is -0.902. The predicted octanol–water partition coefficient (Wildman–Crippen LogP) is -3.79. The number of rotatable bonds is 14. The third-order valence-corrected chi connectivity index (χ3v) is 5.73. The normalized spacial score (nSPS) is 12.4. The Balaban J connectivity index is 0. The number of alkyl halides is 2. The molecule has 0 aliphatic heterocycles. The number of ether oxygens (including phenoxy) is 2. The van der Waals surface area contributed by atoms with Gasteiger partial charge in [0.2, 0.25) is 13.6 Å². The van der Waals surface area contributed by atoms with Crippen LogP contribution >= 0.6 is 0 Å². The Morgan fingerprint density at radius 2 is 0.975 bits per heavy atom. The summed E-state index contributed by atoms with van der Waals surface area (Å²) in [7, 11) is 6.94. The molecule has 0 radical (unpaired) electrons. The number of benzene rings is 2. The van der Waals surface area contributed by atoms with Crippen molar-refractivity contribution in [3.8, 4) is 0 Å². The number of likely N-dealkylation sites (N-methyl/N-ethyl adjacent to an activating group) is 2. The van der Waals surface area contributed by atoms with Gasteiger partial charge in [-0.2, -0.15) is 8.78 Å². The van der Waals surface area contributed by atoms with Crippen molar-refractivity contribution in [2.24, 2.45) is 11.5 Å². The molecule has 0 aromatic heterocycles. The van der Waals surface area contributed by atoms with Gasteiger partial charge in [-0.05, 0) is 24.0 Å². The first-order chi connectivity index (χ1) is 17.9. The number of nitrogens with two attached hydrogens (primary N) is 2. The molecule has 0 aliphatic rings. The Morgan fingerprint density at radius 3 is 1.25 bits per heavy atom. The molecule has 0 saturated carbocycles. The summed E-state index contributed by atoms with van der Waals surface area (Å²) in [5.41, 5.74) is 13.5.